The molecule has 2 rings (SSSR count). The van der Waals surface area contributed by atoms with E-state index < -0.39 is 0 Å². The Bertz CT molecular complexity index is 604. The van der Waals surface area contributed by atoms with Crippen LogP contribution in [0.1, 0.15) is 28.7 Å². The first kappa shape index (κ1) is 14.1. The molecule has 20 heavy (non-hydrogen) atoms. The fourth-order valence-electron chi connectivity index (χ4n) is 2.12. The van der Waals surface area contributed by atoms with Gasteiger partial charge in [0.25, 0.3) is 5.91 Å². The maximum absolute atomic E-state index is 11.6. The summed E-state index contributed by atoms with van der Waals surface area (Å²) in [6.45, 7) is 5.66. The molecule has 2 N–H and O–H groups in total. The van der Waals surface area contributed by atoms with Gasteiger partial charge in [0.2, 0.25) is 0 Å². The van der Waals surface area contributed by atoms with E-state index in [4.69, 9.17) is 0 Å². The predicted molar refractivity (Wildman–Crippen MR) is 79.8 cm³/mol. The van der Waals surface area contributed by atoms with E-state index >= 15 is 0 Å². The second-order valence-corrected chi connectivity index (χ2v) is 4.59. The van der Waals surface area contributed by atoms with Gasteiger partial charge in [-0.1, -0.05) is 0 Å². The zero-order chi connectivity index (χ0) is 14.5. The molecule has 0 radical (unpaired) electrons. The maximum atomic E-state index is 11.6. The number of benzene rings is 1. The molecule has 0 aliphatic rings. The fourth-order valence-corrected chi connectivity index (χ4v) is 2.12. The van der Waals surface area contributed by atoms with Crippen LogP contribution in [0.4, 0.5) is 5.69 Å². The third-order valence-corrected chi connectivity index (χ3v) is 3.30. The second-order valence-electron chi connectivity index (χ2n) is 4.59. The number of hydrogen-bond acceptors (Lipinski definition) is 3. The highest BCUT2D eigenvalue weighted by molar-refractivity contribution is 5.94. The molecule has 1 aromatic carbocycles. The summed E-state index contributed by atoms with van der Waals surface area (Å²) in [6.07, 6.45) is 3.78. The monoisotopic (exact) mass is 272 g/mol. The van der Waals surface area contributed by atoms with Crippen molar-refractivity contribution in [1.82, 2.24) is 14.9 Å². The summed E-state index contributed by atoms with van der Waals surface area (Å²) < 4.78 is 2.10. The lowest BCUT2D eigenvalue weighted by Gasteiger charge is -2.11. The third-order valence-electron chi connectivity index (χ3n) is 3.30. The number of hydrogen-bond donors (Lipinski definition) is 2. The summed E-state index contributed by atoms with van der Waals surface area (Å²) in [5.41, 5.74) is 2.73. The van der Waals surface area contributed by atoms with Gasteiger partial charge in [-0.25, -0.2) is 4.98 Å². The minimum absolute atomic E-state index is 0.0684. The smallest absolute Gasteiger partial charge is 0.251 e. The first-order chi connectivity index (χ1) is 9.65. The van der Waals surface area contributed by atoms with Crippen LogP contribution < -0.4 is 10.6 Å². The van der Waals surface area contributed by atoms with Crippen molar-refractivity contribution >= 4 is 11.6 Å². The van der Waals surface area contributed by atoms with E-state index in [1.165, 1.54) is 0 Å². The predicted octanol–water partition coefficient (Wildman–Crippen LogP) is 2.18. The highest BCUT2D eigenvalue weighted by Gasteiger charge is 2.07. The molecule has 0 saturated heterocycles. The Labute approximate surface area is 119 Å². The van der Waals surface area contributed by atoms with Crippen LogP contribution in [0, 0.1) is 6.92 Å². The molecule has 106 valence electrons. The molecule has 0 bridgehead atoms. The van der Waals surface area contributed by atoms with Gasteiger partial charge in [-0.05, 0) is 37.6 Å². The van der Waals surface area contributed by atoms with Gasteiger partial charge in [0.05, 0.1) is 6.54 Å². The van der Waals surface area contributed by atoms with Gasteiger partial charge >= 0.3 is 0 Å². The number of carbonyl (C=O) groups excluding carboxylic acids is 1. The van der Waals surface area contributed by atoms with Crippen LogP contribution in [-0.2, 0) is 13.1 Å². The normalized spacial score (nSPS) is 10.3. The Morgan fingerprint density at radius 3 is 2.85 bits per heavy atom. The molecule has 5 heteroatoms. The average molecular weight is 272 g/mol. The van der Waals surface area contributed by atoms with E-state index in [0.717, 1.165) is 23.6 Å². The molecule has 0 unspecified atom stereocenters. The molecule has 1 amide bonds. The number of anilines is 1. The van der Waals surface area contributed by atoms with Crippen molar-refractivity contribution in [2.75, 3.05) is 12.4 Å². The summed E-state index contributed by atoms with van der Waals surface area (Å²) in [5.74, 6) is 0.934. The van der Waals surface area contributed by atoms with Crippen molar-refractivity contribution < 1.29 is 4.79 Å². The summed E-state index contributed by atoms with van der Waals surface area (Å²) in [5, 5.41) is 5.98. The van der Waals surface area contributed by atoms with Crippen molar-refractivity contribution in [1.29, 1.82) is 0 Å². The first-order valence-corrected chi connectivity index (χ1v) is 6.72. The van der Waals surface area contributed by atoms with Crippen LogP contribution in [0.5, 0.6) is 0 Å². The SMILES string of the molecule is CCn1ccnc1CNc1ccc(C(=O)NC)cc1C. The van der Waals surface area contributed by atoms with Crippen molar-refractivity contribution in [3.8, 4) is 0 Å². The summed E-state index contributed by atoms with van der Waals surface area (Å²) in [4.78, 5) is 15.9. The van der Waals surface area contributed by atoms with Gasteiger partial charge in [0, 0.05) is 37.2 Å². The molecule has 0 saturated carbocycles. The molecular formula is C15H20N4O. The first-order valence-electron chi connectivity index (χ1n) is 6.72. The van der Waals surface area contributed by atoms with Gasteiger partial charge < -0.3 is 15.2 Å². The topological polar surface area (TPSA) is 59.0 Å². The van der Waals surface area contributed by atoms with Gasteiger partial charge in [0.15, 0.2) is 0 Å². The Morgan fingerprint density at radius 1 is 1.40 bits per heavy atom. The second kappa shape index (κ2) is 6.23. The summed E-state index contributed by atoms with van der Waals surface area (Å²) in [6, 6.07) is 5.63. The van der Waals surface area contributed by atoms with Crippen molar-refractivity contribution in [3.63, 3.8) is 0 Å². The number of nitrogens with zero attached hydrogens (tertiary/aromatic N) is 2. The number of rotatable bonds is 5. The number of imidazole rings is 1. The molecule has 0 spiro atoms. The van der Waals surface area contributed by atoms with Gasteiger partial charge in [-0.2, -0.15) is 0 Å². The molecule has 0 fully saturated rings. The number of nitrogens with one attached hydrogen (secondary N) is 2. The van der Waals surface area contributed by atoms with Crippen molar-refractivity contribution in [2.45, 2.75) is 26.9 Å². The Balaban J connectivity index is 2.09. The molecule has 1 heterocycles. The van der Waals surface area contributed by atoms with E-state index in [1.807, 2.05) is 37.5 Å². The lowest BCUT2D eigenvalue weighted by atomic mass is 10.1. The summed E-state index contributed by atoms with van der Waals surface area (Å²) >= 11 is 0. The average Bonchev–Trinajstić information content (AvgIpc) is 2.92. The number of aromatic nitrogens is 2. The molecule has 1 aromatic heterocycles. The van der Waals surface area contributed by atoms with E-state index in [1.54, 1.807) is 7.05 Å². The van der Waals surface area contributed by atoms with E-state index in [-0.39, 0.29) is 5.91 Å². The molecular weight excluding hydrogens is 252 g/mol. The van der Waals surface area contributed by atoms with Gasteiger partial charge in [0.1, 0.15) is 5.82 Å². The van der Waals surface area contributed by atoms with E-state index in [9.17, 15) is 4.79 Å². The molecule has 2 aromatic rings. The lowest BCUT2D eigenvalue weighted by molar-refractivity contribution is 0.0963. The highest BCUT2D eigenvalue weighted by Crippen LogP contribution is 2.17. The zero-order valence-corrected chi connectivity index (χ0v) is 12.1. The Hall–Kier alpha value is -2.30. The molecule has 0 aliphatic heterocycles. The number of aryl methyl sites for hydroxylation is 2. The van der Waals surface area contributed by atoms with Crippen LogP contribution in [-0.4, -0.2) is 22.5 Å². The Kier molecular flexibility index (Phi) is 4.40. The minimum Gasteiger partial charge on any atom is -0.378 e. The highest BCUT2D eigenvalue weighted by atomic mass is 16.1. The van der Waals surface area contributed by atoms with Crippen LogP contribution >= 0.6 is 0 Å². The maximum Gasteiger partial charge on any atom is 0.251 e. The Morgan fingerprint density at radius 2 is 2.20 bits per heavy atom. The minimum atomic E-state index is -0.0684. The number of amides is 1. The fraction of sp³-hybridized carbons (Fsp3) is 0.333. The van der Waals surface area contributed by atoms with Crippen LogP contribution in [0.25, 0.3) is 0 Å². The van der Waals surface area contributed by atoms with Crippen LogP contribution in [0.2, 0.25) is 0 Å². The largest absolute Gasteiger partial charge is 0.378 e. The standard InChI is InChI=1S/C15H20N4O/c1-4-19-8-7-17-14(19)10-18-13-6-5-12(9-11(13)2)15(20)16-3/h5-9,18H,4,10H2,1-3H3,(H,16,20). The van der Waals surface area contributed by atoms with Crippen molar-refractivity contribution in [3.05, 3.63) is 47.5 Å². The third kappa shape index (κ3) is 2.99. The van der Waals surface area contributed by atoms with E-state index in [0.29, 0.717) is 12.1 Å². The molecule has 0 aliphatic carbocycles. The molecule has 5 nitrogen and oxygen atoms in total. The summed E-state index contributed by atoms with van der Waals surface area (Å²) in [7, 11) is 1.63. The van der Waals surface area contributed by atoms with Gasteiger partial charge in [-0.15, -0.1) is 0 Å². The van der Waals surface area contributed by atoms with Crippen LogP contribution in [0.15, 0.2) is 30.6 Å². The van der Waals surface area contributed by atoms with Crippen molar-refractivity contribution in [2.24, 2.45) is 0 Å². The zero-order valence-electron chi connectivity index (χ0n) is 12.1. The van der Waals surface area contributed by atoms with Crippen LogP contribution in [0.3, 0.4) is 0 Å². The van der Waals surface area contributed by atoms with E-state index in [2.05, 4.69) is 27.1 Å². The lowest BCUT2D eigenvalue weighted by Crippen LogP contribution is -2.18. The quantitative estimate of drug-likeness (QED) is 0.877. The number of carbonyl (C=O) groups is 1. The molecule has 0 atom stereocenters. The van der Waals surface area contributed by atoms with Gasteiger partial charge in [-0.3, -0.25) is 4.79 Å².